The quantitative estimate of drug-likeness (QED) is 0.568. The Kier molecular flexibility index (Phi) is 5.15. The number of alkyl halides is 1. The van der Waals surface area contributed by atoms with Gasteiger partial charge in [-0.2, -0.15) is 0 Å². The number of hydrogen-bond donors (Lipinski definition) is 2. The van der Waals surface area contributed by atoms with Crippen molar-refractivity contribution in [3.63, 3.8) is 0 Å². The SMILES string of the molecule is C[C@@](F)(CS(=O)O)NCC1CCCCC1. The smallest absolute Gasteiger partial charge is 0.172 e. The van der Waals surface area contributed by atoms with Crippen LogP contribution in [0.1, 0.15) is 39.0 Å². The van der Waals surface area contributed by atoms with E-state index in [0.717, 1.165) is 12.8 Å². The predicted octanol–water partition coefficient (Wildman–Crippen LogP) is 2.06. The van der Waals surface area contributed by atoms with Crippen LogP contribution >= 0.6 is 0 Å². The Morgan fingerprint density at radius 2 is 2.07 bits per heavy atom. The molecule has 0 aliphatic heterocycles. The maximum absolute atomic E-state index is 13.6. The van der Waals surface area contributed by atoms with Crippen molar-refractivity contribution in [2.24, 2.45) is 5.92 Å². The third-order valence-corrected chi connectivity index (χ3v) is 3.67. The molecule has 0 saturated heterocycles. The molecule has 0 amide bonds. The van der Waals surface area contributed by atoms with Crippen molar-refractivity contribution < 1.29 is 13.2 Å². The van der Waals surface area contributed by atoms with Gasteiger partial charge in [-0.05, 0) is 25.7 Å². The van der Waals surface area contributed by atoms with Gasteiger partial charge in [-0.3, -0.25) is 5.32 Å². The summed E-state index contributed by atoms with van der Waals surface area (Å²) in [5, 5.41) is 2.74. The van der Waals surface area contributed by atoms with E-state index in [-0.39, 0.29) is 5.75 Å². The summed E-state index contributed by atoms with van der Waals surface area (Å²) in [6, 6.07) is 0. The fourth-order valence-electron chi connectivity index (χ4n) is 2.03. The van der Waals surface area contributed by atoms with E-state index >= 15 is 0 Å². The van der Waals surface area contributed by atoms with Crippen LogP contribution in [-0.4, -0.2) is 26.9 Å². The standard InChI is InChI=1S/C10H20FNO2S/c1-10(11,8-15(13)14)12-7-9-5-3-2-4-6-9/h9,12H,2-8H2,1H3,(H,13,14)/t10-/m0/s1. The van der Waals surface area contributed by atoms with Gasteiger partial charge in [-0.15, -0.1) is 0 Å². The summed E-state index contributed by atoms with van der Waals surface area (Å²) in [5.74, 6) is -1.56. The second kappa shape index (κ2) is 5.92. The molecule has 2 N–H and O–H groups in total. The third-order valence-electron chi connectivity index (χ3n) is 2.88. The highest BCUT2D eigenvalue weighted by molar-refractivity contribution is 7.79. The molecule has 3 nitrogen and oxygen atoms in total. The van der Waals surface area contributed by atoms with Crippen molar-refractivity contribution in [1.29, 1.82) is 0 Å². The van der Waals surface area contributed by atoms with Crippen LogP contribution in [0.3, 0.4) is 0 Å². The lowest BCUT2D eigenvalue weighted by Crippen LogP contribution is -2.45. The zero-order chi connectivity index (χ0) is 11.3. The summed E-state index contributed by atoms with van der Waals surface area (Å²) in [5.41, 5.74) is 0. The Hall–Kier alpha value is -0.0000000000000000416. The molecular formula is C10H20FNO2S. The van der Waals surface area contributed by atoms with Crippen LogP contribution < -0.4 is 5.32 Å². The van der Waals surface area contributed by atoms with Crippen molar-refractivity contribution in [3.8, 4) is 0 Å². The molecule has 1 aliphatic carbocycles. The highest BCUT2D eigenvalue weighted by Crippen LogP contribution is 2.23. The highest BCUT2D eigenvalue weighted by Gasteiger charge is 2.26. The van der Waals surface area contributed by atoms with Crippen LogP contribution in [0.4, 0.5) is 4.39 Å². The van der Waals surface area contributed by atoms with Crippen molar-refractivity contribution in [2.75, 3.05) is 12.3 Å². The van der Waals surface area contributed by atoms with E-state index in [1.54, 1.807) is 0 Å². The number of nitrogens with one attached hydrogen (secondary N) is 1. The van der Waals surface area contributed by atoms with Crippen LogP contribution in [0.2, 0.25) is 0 Å². The monoisotopic (exact) mass is 237 g/mol. The van der Waals surface area contributed by atoms with Gasteiger partial charge in [0.2, 0.25) is 0 Å². The Morgan fingerprint density at radius 3 is 2.60 bits per heavy atom. The second-order valence-corrected chi connectivity index (χ2v) is 5.48. The van der Waals surface area contributed by atoms with E-state index in [2.05, 4.69) is 5.32 Å². The van der Waals surface area contributed by atoms with Crippen LogP contribution in [0, 0.1) is 5.92 Å². The molecule has 1 saturated carbocycles. The van der Waals surface area contributed by atoms with Crippen LogP contribution in [0.5, 0.6) is 0 Å². The molecule has 0 radical (unpaired) electrons. The Bertz CT molecular complexity index is 217. The predicted molar refractivity (Wildman–Crippen MR) is 59.7 cm³/mol. The first-order valence-electron chi connectivity index (χ1n) is 5.51. The van der Waals surface area contributed by atoms with Gasteiger partial charge < -0.3 is 4.55 Å². The average molecular weight is 237 g/mol. The van der Waals surface area contributed by atoms with Crippen molar-refractivity contribution >= 4 is 11.1 Å². The van der Waals surface area contributed by atoms with Gasteiger partial charge in [-0.25, -0.2) is 8.60 Å². The van der Waals surface area contributed by atoms with Gasteiger partial charge in [0.25, 0.3) is 0 Å². The topological polar surface area (TPSA) is 49.3 Å². The molecule has 5 heteroatoms. The third kappa shape index (κ3) is 5.58. The Balaban J connectivity index is 2.24. The number of halogens is 1. The van der Waals surface area contributed by atoms with Crippen molar-refractivity contribution in [1.82, 2.24) is 5.32 Å². The van der Waals surface area contributed by atoms with Gasteiger partial charge >= 0.3 is 0 Å². The largest absolute Gasteiger partial charge is 0.306 e. The summed E-state index contributed by atoms with van der Waals surface area (Å²) in [4.78, 5) is 0. The van der Waals surface area contributed by atoms with Gasteiger partial charge in [0.15, 0.2) is 16.9 Å². The van der Waals surface area contributed by atoms with E-state index in [4.69, 9.17) is 4.55 Å². The minimum absolute atomic E-state index is 0.361. The van der Waals surface area contributed by atoms with Crippen LogP contribution in [-0.2, 0) is 11.1 Å². The van der Waals surface area contributed by atoms with Gasteiger partial charge in [-0.1, -0.05) is 19.3 Å². The first kappa shape index (κ1) is 13.1. The molecule has 0 aromatic rings. The minimum atomic E-state index is -2.08. The number of hydrogen-bond acceptors (Lipinski definition) is 2. The molecule has 0 aromatic carbocycles. The molecule has 0 spiro atoms. The Morgan fingerprint density at radius 1 is 1.47 bits per heavy atom. The summed E-state index contributed by atoms with van der Waals surface area (Å²) in [6.45, 7) is 1.94. The first-order chi connectivity index (χ1) is 6.99. The lowest BCUT2D eigenvalue weighted by Gasteiger charge is -2.26. The van der Waals surface area contributed by atoms with E-state index < -0.39 is 16.9 Å². The fourth-order valence-corrected chi connectivity index (χ4v) is 2.60. The zero-order valence-corrected chi connectivity index (χ0v) is 9.99. The summed E-state index contributed by atoms with van der Waals surface area (Å²) < 4.78 is 32.7. The number of rotatable bonds is 5. The van der Waals surface area contributed by atoms with Gasteiger partial charge in [0.1, 0.15) is 0 Å². The fraction of sp³-hybridized carbons (Fsp3) is 1.00. The zero-order valence-electron chi connectivity index (χ0n) is 9.17. The maximum Gasteiger partial charge on any atom is 0.172 e. The molecule has 2 atom stereocenters. The van der Waals surface area contributed by atoms with E-state index in [1.165, 1.54) is 26.2 Å². The molecule has 1 rings (SSSR count). The summed E-state index contributed by atoms with van der Waals surface area (Å²) in [6.07, 6.45) is 6.02. The molecule has 90 valence electrons. The molecule has 1 aliphatic rings. The summed E-state index contributed by atoms with van der Waals surface area (Å²) in [7, 11) is 0. The van der Waals surface area contributed by atoms with E-state index in [1.807, 2.05) is 0 Å². The lowest BCUT2D eigenvalue weighted by atomic mass is 9.89. The lowest BCUT2D eigenvalue weighted by molar-refractivity contribution is 0.151. The molecular weight excluding hydrogens is 217 g/mol. The summed E-state index contributed by atoms with van der Waals surface area (Å²) >= 11 is -2.08. The molecule has 1 fully saturated rings. The van der Waals surface area contributed by atoms with E-state index in [9.17, 15) is 8.60 Å². The van der Waals surface area contributed by atoms with Crippen LogP contribution in [0.25, 0.3) is 0 Å². The Labute approximate surface area is 93.1 Å². The van der Waals surface area contributed by atoms with Crippen LogP contribution in [0.15, 0.2) is 0 Å². The highest BCUT2D eigenvalue weighted by atomic mass is 32.2. The molecule has 15 heavy (non-hydrogen) atoms. The average Bonchev–Trinajstić information content (AvgIpc) is 2.15. The second-order valence-electron chi connectivity index (χ2n) is 4.55. The van der Waals surface area contributed by atoms with Crippen molar-refractivity contribution in [3.05, 3.63) is 0 Å². The van der Waals surface area contributed by atoms with Gasteiger partial charge in [0, 0.05) is 6.54 Å². The van der Waals surface area contributed by atoms with Crippen molar-refractivity contribution in [2.45, 2.75) is 44.8 Å². The van der Waals surface area contributed by atoms with E-state index in [0.29, 0.717) is 12.5 Å². The molecule has 0 aromatic heterocycles. The van der Waals surface area contributed by atoms with Gasteiger partial charge in [0.05, 0.1) is 5.75 Å². The minimum Gasteiger partial charge on any atom is -0.306 e. The molecule has 1 unspecified atom stereocenters. The normalized spacial score (nSPS) is 24.7. The molecule has 0 heterocycles. The first-order valence-corrected chi connectivity index (χ1v) is 6.78. The maximum atomic E-state index is 13.6. The molecule has 0 bridgehead atoms.